The van der Waals surface area contributed by atoms with Crippen LogP contribution in [0.15, 0.2) is 37.2 Å². The summed E-state index contributed by atoms with van der Waals surface area (Å²) in [7, 11) is 0. The number of halogens is 1. The monoisotopic (exact) mass is 409 g/mol. The van der Waals surface area contributed by atoms with E-state index in [4.69, 9.17) is 14.7 Å². The summed E-state index contributed by atoms with van der Waals surface area (Å²) in [6.45, 7) is 13.8. The van der Waals surface area contributed by atoms with E-state index in [9.17, 15) is 4.39 Å². The zero-order chi connectivity index (χ0) is 21.5. The zero-order valence-corrected chi connectivity index (χ0v) is 18.0. The lowest BCUT2D eigenvalue weighted by Gasteiger charge is -2.29. The molecule has 1 fully saturated rings. The van der Waals surface area contributed by atoms with Gasteiger partial charge in [-0.3, -0.25) is 4.90 Å². The molecule has 6 nitrogen and oxygen atoms in total. The molecule has 0 saturated carbocycles. The largest absolute Gasteiger partial charge is 0.381 e. The highest BCUT2D eigenvalue weighted by molar-refractivity contribution is 5.74. The van der Waals surface area contributed by atoms with Crippen LogP contribution in [-0.2, 0) is 10.2 Å². The molecule has 1 aliphatic heterocycles. The van der Waals surface area contributed by atoms with Crippen molar-refractivity contribution in [1.82, 2.24) is 19.5 Å². The molecule has 1 aliphatic rings. The van der Waals surface area contributed by atoms with Crippen molar-refractivity contribution in [2.45, 2.75) is 52.0 Å². The molecule has 0 unspecified atom stereocenters. The first kappa shape index (κ1) is 20.5. The summed E-state index contributed by atoms with van der Waals surface area (Å²) < 4.78 is 21.8. The summed E-state index contributed by atoms with van der Waals surface area (Å²) in [6, 6.07) is 4.93. The smallest absolute Gasteiger partial charge is 0.236 e. The SMILES string of the molecule is C=CN(c1ncc2nc(C(C)(C)C)n(C3CCOCC3)c2n1)c1cc(F)ccc1C. The number of nitrogens with zero attached hydrogens (tertiary/aromatic N) is 5. The Balaban J connectivity index is 1.88. The predicted octanol–water partition coefficient (Wildman–Crippen LogP) is 5.20. The van der Waals surface area contributed by atoms with Gasteiger partial charge in [0.2, 0.25) is 5.95 Å². The van der Waals surface area contributed by atoms with Crippen molar-refractivity contribution in [3.05, 3.63) is 54.4 Å². The van der Waals surface area contributed by atoms with Crippen molar-refractivity contribution in [2.24, 2.45) is 0 Å². The average molecular weight is 410 g/mol. The van der Waals surface area contributed by atoms with Gasteiger partial charge in [0.1, 0.15) is 17.2 Å². The van der Waals surface area contributed by atoms with Crippen LogP contribution in [-0.4, -0.2) is 32.7 Å². The molecule has 2 aromatic heterocycles. The quantitative estimate of drug-likeness (QED) is 0.592. The first-order chi connectivity index (χ1) is 14.3. The molecule has 158 valence electrons. The number of hydrogen-bond acceptors (Lipinski definition) is 5. The first-order valence-corrected chi connectivity index (χ1v) is 10.3. The van der Waals surface area contributed by atoms with Gasteiger partial charge < -0.3 is 9.30 Å². The molecule has 7 heteroatoms. The molecule has 1 saturated heterocycles. The fraction of sp³-hybridized carbons (Fsp3) is 0.435. The summed E-state index contributed by atoms with van der Waals surface area (Å²) in [4.78, 5) is 16.0. The van der Waals surface area contributed by atoms with Crippen molar-refractivity contribution < 1.29 is 9.13 Å². The Hall–Kier alpha value is -2.80. The molecule has 3 heterocycles. The van der Waals surface area contributed by atoms with E-state index in [0.717, 1.165) is 48.6 Å². The van der Waals surface area contributed by atoms with Crippen molar-refractivity contribution in [3.8, 4) is 0 Å². The number of hydrogen-bond donors (Lipinski definition) is 0. The zero-order valence-electron chi connectivity index (χ0n) is 18.0. The minimum absolute atomic E-state index is 0.142. The van der Waals surface area contributed by atoms with Crippen molar-refractivity contribution in [1.29, 1.82) is 0 Å². The third-order valence-corrected chi connectivity index (χ3v) is 5.48. The molecule has 0 N–H and O–H groups in total. The third-order valence-electron chi connectivity index (χ3n) is 5.48. The van der Waals surface area contributed by atoms with Gasteiger partial charge in [0.05, 0.1) is 11.9 Å². The second-order valence-electron chi connectivity index (χ2n) is 8.76. The number of fused-ring (bicyclic) bond motifs is 1. The summed E-state index contributed by atoms with van der Waals surface area (Å²) in [5, 5.41) is 0. The van der Waals surface area contributed by atoms with Crippen LogP contribution in [0.3, 0.4) is 0 Å². The van der Waals surface area contributed by atoms with Gasteiger partial charge in [0, 0.05) is 30.9 Å². The highest BCUT2D eigenvalue weighted by Gasteiger charge is 2.29. The van der Waals surface area contributed by atoms with Gasteiger partial charge >= 0.3 is 0 Å². The first-order valence-electron chi connectivity index (χ1n) is 10.3. The maximum Gasteiger partial charge on any atom is 0.236 e. The van der Waals surface area contributed by atoms with E-state index < -0.39 is 0 Å². The van der Waals surface area contributed by atoms with Crippen molar-refractivity contribution in [3.63, 3.8) is 0 Å². The highest BCUT2D eigenvalue weighted by atomic mass is 19.1. The molecule has 30 heavy (non-hydrogen) atoms. The lowest BCUT2D eigenvalue weighted by molar-refractivity contribution is 0.0690. The molecule has 1 aromatic carbocycles. The molecule has 0 spiro atoms. The molecule has 0 amide bonds. The Morgan fingerprint density at radius 1 is 1.23 bits per heavy atom. The maximum atomic E-state index is 13.9. The van der Waals surface area contributed by atoms with E-state index in [1.807, 2.05) is 6.92 Å². The number of aryl methyl sites for hydroxylation is 1. The summed E-state index contributed by atoms with van der Waals surface area (Å²) in [6.07, 6.45) is 5.20. The molecule has 0 aliphatic carbocycles. The van der Waals surface area contributed by atoms with Crippen LogP contribution in [0.1, 0.15) is 51.0 Å². The van der Waals surface area contributed by atoms with E-state index >= 15 is 0 Å². The minimum Gasteiger partial charge on any atom is -0.381 e. The van der Waals surface area contributed by atoms with Gasteiger partial charge in [-0.1, -0.05) is 33.4 Å². The highest BCUT2D eigenvalue weighted by Crippen LogP contribution is 2.34. The van der Waals surface area contributed by atoms with Crippen LogP contribution in [0.25, 0.3) is 11.2 Å². The van der Waals surface area contributed by atoms with Crippen LogP contribution in [0.2, 0.25) is 0 Å². The van der Waals surface area contributed by atoms with Crippen LogP contribution in [0, 0.1) is 12.7 Å². The number of benzene rings is 1. The molecule has 0 atom stereocenters. The van der Waals surface area contributed by atoms with E-state index in [1.165, 1.54) is 12.1 Å². The molecule has 4 rings (SSSR count). The minimum atomic E-state index is -0.314. The van der Waals surface area contributed by atoms with Gasteiger partial charge in [-0.05, 0) is 37.5 Å². The number of rotatable bonds is 4. The fourth-order valence-corrected chi connectivity index (χ4v) is 3.95. The Morgan fingerprint density at radius 2 is 1.97 bits per heavy atom. The average Bonchev–Trinajstić information content (AvgIpc) is 3.11. The normalized spacial score (nSPS) is 15.5. The summed E-state index contributed by atoms with van der Waals surface area (Å²) >= 11 is 0. The van der Waals surface area contributed by atoms with Crippen molar-refractivity contribution in [2.75, 3.05) is 18.1 Å². The van der Waals surface area contributed by atoms with Crippen LogP contribution < -0.4 is 4.90 Å². The lowest BCUT2D eigenvalue weighted by Crippen LogP contribution is -2.26. The second-order valence-corrected chi connectivity index (χ2v) is 8.76. The molecular formula is C23H28FN5O. The molecule has 0 radical (unpaired) electrons. The fourth-order valence-electron chi connectivity index (χ4n) is 3.95. The van der Waals surface area contributed by atoms with Gasteiger partial charge in [0.25, 0.3) is 0 Å². The van der Waals surface area contributed by atoms with Crippen LogP contribution in [0.4, 0.5) is 16.0 Å². The molecular weight excluding hydrogens is 381 g/mol. The summed E-state index contributed by atoms with van der Waals surface area (Å²) in [5.41, 5.74) is 2.98. The van der Waals surface area contributed by atoms with Crippen molar-refractivity contribution >= 4 is 22.8 Å². The number of ether oxygens (including phenoxy) is 1. The standard InChI is InChI=1S/C23H28FN5O/c1-6-28(19-13-16(24)8-7-15(19)2)22-25-14-18-20(27-22)29(17-9-11-30-12-10-17)21(26-18)23(3,4)5/h6-8,13-14,17H,1,9-12H2,2-5H3. The second kappa shape index (κ2) is 7.80. The van der Waals surface area contributed by atoms with E-state index in [0.29, 0.717) is 11.6 Å². The third kappa shape index (κ3) is 3.69. The Morgan fingerprint density at radius 3 is 2.63 bits per heavy atom. The van der Waals surface area contributed by atoms with E-state index in [1.54, 1.807) is 23.4 Å². The Kier molecular flexibility index (Phi) is 5.32. The van der Waals surface area contributed by atoms with Gasteiger partial charge in [-0.2, -0.15) is 4.98 Å². The van der Waals surface area contributed by atoms with Crippen LogP contribution in [0.5, 0.6) is 0 Å². The van der Waals surface area contributed by atoms with Gasteiger partial charge in [-0.25, -0.2) is 14.4 Å². The van der Waals surface area contributed by atoms with Gasteiger partial charge in [0.15, 0.2) is 5.65 Å². The number of aromatic nitrogens is 4. The topological polar surface area (TPSA) is 56.1 Å². The Labute approximate surface area is 176 Å². The van der Waals surface area contributed by atoms with Gasteiger partial charge in [-0.15, -0.1) is 0 Å². The summed E-state index contributed by atoms with van der Waals surface area (Å²) in [5.74, 6) is 1.12. The molecule has 0 bridgehead atoms. The predicted molar refractivity (Wildman–Crippen MR) is 117 cm³/mol. The number of imidazole rings is 1. The lowest BCUT2D eigenvalue weighted by atomic mass is 9.94. The van der Waals surface area contributed by atoms with E-state index in [-0.39, 0.29) is 17.3 Å². The van der Waals surface area contributed by atoms with Crippen LogP contribution >= 0.6 is 0 Å². The Bertz CT molecular complexity index is 1080. The number of anilines is 2. The van der Waals surface area contributed by atoms with E-state index in [2.05, 4.69) is 36.9 Å². The molecule has 3 aromatic rings. The maximum absolute atomic E-state index is 13.9.